The van der Waals surface area contributed by atoms with Gasteiger partial charge in [0.25, 0.3) is 5.78 Å². The Balaban J connectivity index is 1.62. The van der Waals surface area contributed by atoms with Gasteiger partial charge >= 0.3 is 5.97 Å². The Bertz CT molecular complexity index is 915. The molecule has 0 bridgehead atoms. The molecule has 0 aliphatic heterocycles. The zero-order valence-corrected chi connectivity index (χ0v) is 15.1. The molecule has 1 heterocycles. The van der Waals surface area contributed by atoms with Crippen LogP contribution in [0.4, 0.5) is 0 Å². The fourth-order valence-corrected chi connectivity index (χ4v) is 2.87. The largest absolute Gasteiger partial charge is 0.497 e. The number of nitrogens with one attached hydrogen (secondary N) is 1. The van der Waals surface area contributed by atoms with Crippen LogP contribution < -0.4 is 4.74 Å². The predicted octanol–water partition coefficient (Wildman–Crippen LogP) is 3.91. The third-order valence-electron chi connectivity index (χ3n) is 3.86. The van der Waals surface area contributed by atoms with Gasteiger partial charge in [-0.15, -0.1) is 0 Å². The number of carbonyl (C=O) groups is 2. The topological polar surface area (TPSA) is 68.4 Å². The molecule has 3 rings (SSSR count). The summed E-state index contributed by atoms with van der Waals surface area (Å²) in [5.74, 6) is -0.741. The average molecular weight is 402 g/mol. The second-order valence-electron chi connectivity index (χ2n) is 5.46. The first kappa shape index (κ1) is 17.2. The van der Waals surface area contributed by atoms with Crippen molar-refractivity contribution in [3.8, 4) is 5.75 Å². The molecule has 1 N–H and O–H groups in total. The molecule has 6 heteroatoms. The maximum Gasteiger partial charge on any atom is 0.379 e. The first-order chi connectivity index (χ1) is 12.1. The van der Waals surface area contributed by atoms with Crippen LogP contribution in [0, 0.1) is 0 Å². The second kappa shape index (κ2) is 7.53. The molecule has 0 atom stereocenters. The number of aromatic amines is 1. The smallest absolute Gasteiger partial charge is 0.379 e. The number of carbonyl (C=O) groups excluding carboxylic acids is 2. The highest BCUT2D eigenvalue weighted by atomic mass is 79.9. The molecule has 0 spiro atoms. The normalized spacial score (nSPS) is 10.6. The van der Waals surface area contributed by atoms with Crippen LogP contribution in [-0.4, -0.2) is 30.5 Å². The molecule has 0 saturated heterocycles. The lowest BCUT2D eigenvalue weighted by molar-refractivity contribution is -0.138. The van der Waals surface area contributed by atoms with Gasteiger partial charge in [-0.25, -0.2) is 4.79 Å². The molecule has 25 heavy (non-hydrogen) atoms. The van der Waals surface area contributed by atoms with Crippen molar-refractivity contribution < 1.29 is 19.1 Å². The molecule has 0 radical (unpaired) electrons. The van der Waals surface area contributed by atoms with Crippen LogP contribution in [-0.2, 0) is 16.0 Å². The Hall–Kier alpha value is -2.60. The van der Waals surface area contributed by atoms with Crippen LogP contribution in [0.25, 0.3) is 10.9 Å². The van der Waals surface area contributed by atoms with E-state index in [0.717, 1.165) is 21.3 Å². The van der Waals surface area contributed by atoms with E-state index in [1.165, 1.54) is 6.20 Å². The van der Waals surface area contributed by atoms with Crippen molar-refractivity contribution in [2.24, 2.45) is 0 Å². The SMILES string of the molecule is COc1ccc(CCOC(=O)C(=O)c2c[nH]c3ccc(Br)cc23)cc1. The van der Waals surface area contributed by atoms with Gasteiger partial charge in [0.15, 0.2) is 0 Å². The number of hydrogen-bond donors (Lipinski definition) is 1. The number of H-pyrrole nitrogens is 1. The number of hydrogen-bond acceptors (Lipinski definition) is 4. The monoisotopic (exact) mass is 401 g/mol. The highest BCUT2D eigenvalue weighted by Gasteiger charge is 2.21. The molecular formula is C19H16BrNO4. The molecule has 0 fully saturated rings. The van der Waals surface area contributed by atoms with Crippen molar-refractivity contribution in [3.63, 3.8) is 0 Å². The van der Waals surface area contributed by atoms with Crippen molar-refractivity contribution in [1.82, 2.24) is 4.98 Å². The third kappa shape index (κ3) is 3.91. The van der Waals surface area contributed by atoms with Gasteiger partial charge in [-0.2, -0.15) is 0 Å². The van der Waals surface area contributed by atoms with Crippen LogP contribution in [0.5, 0.6) is 5.75 Å². The van der Waals surface area contributed by atoms with Crippen molar-refractivity contribution in [2.75, 3.05) is 13.7 Å². The number of ketones is 1. The molecule has 128 valence electrons. The van der Waals surface area contributed by atoms with Gasteiger partial charge in [0.05, 0.1) is 19.3 Å². The molecule has 5 nitrogen and oxygen atoms in total. The number of ether oxygens (including phenoxy) is 2. The lowest BCUT2D eigenvalue weighted by atomic mass is 10.1. The number of benzene rings is 2. The quantitative estimate of drug-likeness (QED) is 0.386. The lowest BCUT2D eigenvalue weighted by Crippen LogP contribution is -2.18. The average Bonchev–Trinajstić information content (AvgIpc) is 3.04. The van der Waals surface area contributed by atoms with Crippen LogP contribution in [0.3, 0.4) is 0 Å². The molecular weight excluding hydrogens is 386 g/mol. The second-order valence-corrected chi connectivity index (χ2v) is 6.37. The number of aromatic nitrogens is 1. The Morgan fingerprint density at radius 3 is 2.60 bits per heavy atom. The van der Waals surface area contributed by atoms with E-state index in [9.17, 15) is 9.59 Å². The minimum absolute atomic E-state index is 0.142. The van der Waals surface area contributed by atoms with E-state index >= 15 is 0 Å². The number of halogens is 1. The Morgan fingerprint density at radius 1 is 1.12 bits per heavy atom. The van der Waals surface area contributed by atoms with Crippen molar-refractivity contribution >= 4 is 38.6 Å². The van der Waals surface area contributed by atoms with Crippen molar-refractivity contribution in [3.05, 3.63) is 64.3 Å². The van der Waals surface area contributed by atoms with Crippen molar-refractivity contribution in [2.45, 2.75) is 6.42 Å². The molecule has 0 amide bonds. The molecule has 0 unspecified atom stereocenters. The van der Waals surface area contributed by atoms with Crippen molar-refractivity contribution in [1.29, 1.82) is 0 Å². The van der Waals surface area contributed by atoms with Gasteiger partial charge in [0.2, 0.25) is 0 Å². The van der Waals surface area contributed by atoms with Crippen LogP contribution in [0.1, 0.15) is 15.9 Å². The van der Waals surface area contributed by atoms with E-state index in [-0.39, 0.29) is 6.61 Å². The van der Waals surface area contributed by atoms with Gasteiger partial charge in [-0.3, -0.25) is 4.79 Å². The van der Waals surface area contributed by atoms with E-state index in [0.29, 0.717) is 17.4 Å². The summed E-state index contributed by atoms with van der Waals surface area (Å²) in [7, 11) is 1.60. The maximum atomic E-state index is 12.3. The van der Waals surface area contributed by atoms with Gasteiger partial charge in [-0.1, -0.05) is 28.1 Å². The Kier molecular flexibility index (Phi) is 5.19. The Morgan fingerprint density at radius 2 is 1.88 bits per heavy atom. The van der Waals surface area contributed by atoms with E-state index < -0.39 is 11.8 Å². The van der Waals surface area contributed by atoms with Gasteiger partial charge < -0.3 is 14.5 Å². The fraction of sp³-hybridized carbons (Fsp3) is 0.158. The number of methoxy groups -OCH3 is 1. The highest BCUT2D eigenvalue weighted by molar-refractivity contribution is 9.10. The molecule has 0 saturated carbocycles. The summed E-state index contributed by atoms with van der Waals surface area (Å²) in [5.41, 5.74) is 2.10. The highest BCUT2D eigenvalue weighted by Crippen LogP contribution is 2.23. The van der Waals surface area contributed by atoms with Gasteiger partial charge in [-0.05, 0) is 35.9 Å². The summed E-state index contributed by atoms with van der Waals surface area (Å²) < 4.78 is 11.0. The van der Waals surface area contributed by atoms with E-state index in [1.54, 1.807) is 13.2 Å². The maximum absolute atomic E-state index is 12.3. The molecule has 3 aromatic rings. The first-order valence-corrected chi connectivity index (χ1v) is 8.49. The summed E-state index contributed by atoms with van der Waals surface area (Å²) in [5, 5.41) is 0.687. The number of Topliss-reactive ketones (excluding diaryl/α,β-unsaturated/α-hetero) is 1. The zero-order chi connectivity index (χ0) is 17.8. The lowest BCUT2D eigenvalue weighted by Gasteiger charge is -2.05. The third-order valence-corrected chi connectivity index (χ3v) is 4.35. The van der Waals surface area contributed by atoms with E-state index in [1.807, 2.05) is 36.4 Å². The summed E-state index contributed by atoms with van der Waals surface area (Å²) in [6.45, 7) is 0.142. The fourth-order valence-electron chi connectivity index (χ4n) is 2.51. The summed E-state index contributed by atoms with van der Waals surface area (Å²) >= 11 is 3.37. The van der Waals surface area contributed by atoms with Crippen LogP contribution >= 0.6 is 15.9 Å². The molecule has 0 aliphatic rings. The van der Waals surface area contributed by atoms with Crippen LogP contribution in [0.2, 0.25) is 0 Å². The number of esters is 1. The van der Waals surface area contributed by atoms with Gasteiger partial charge in [0, 0.05) is 28.0 Å². The Labute approximate surface area is 153 Å². The minimum Gasteiger partial charge on any atom is -0.497 e. The summed E-state index contributed by atoms with van der Waals surface area (Å²) in [6, 6.07) is 13.0. The molecule has 1 aromatic heterocycles. The zero-order valence-electron chi connectivity index (χ0n) is 13.5. The number of fused-ring (bicyclic) bond motifs is 1. The first-order valence-electron chi connectivity index (χ1n) is 7.69. The number of rotatable bonds is 6. The molecule has 0 aliphatic carbocycles. The summed E-state index contributed by atoms with van der Waals surface area (Å²) in [6.07, 6.45) is 2.06. The summed E-state index contributed by atoms with van der Waals surface area (Å²) in [4.78, 5) is 27.4. The minimum atomic E-state index is -0.852. The molecule has 2 aromatic carbocycles. The standard InChI is InChI=1S/C19H16BrNO4/c1-24-14-5-2-12(3-6-14)8-9-25-19(23)18(22)16-11-21-17-7-4-13(20)10-15(16)17/h2-7,10-11,21H,8-9H2,1H3. The van der Waals surface area contributed by atoms with Crippen LogP contribution in [0.15, 0.2) is 53.1 Å². The van der Waals surface area contributed by atoms with E-state index in [4.69, 9.17) is 9.47 Å². The van der Waals surface area contributed by atoms with E-state index in [2.05, 4.69) is 20.9 Å². The predicted molar refractivity (Wildman–Crippen MR) is 98.0 cm³/mol. The van der Waals surface area contributed by atoms with Gasteiger partial charge in [0.1, 0.15) is 5.75 Å².